The molecule has 5 heteroatoms. The van der Waals surface area contributed by atoms with Gasteiger partial charge < -0.3 is 9.72 Å². The van der Waals surface area contributed by atoms with Crippen molar-refractivity contribution >= 4 is 21.8 Å². The molecule has 2 aromatic carbocycles. The van der Waals surface area contributed by atoms with Gasteiger partial charge in [0, 0.05) is 45.2 Å². The first kappa shape index (κ1) is 16.5. The number of H-pyrrole nitrogens is 2. The number of hydrogen-bond acceptors (Lipinski definition) is 2. The van der Waals surface area contributed by atoms with Crippen LogP contribution in [0.15, 0.2) is 54.6 Å². The summed E-state index contributed by atoms with van der Waals surface area (Å²) in [5, 5.41) is 10.3. The minimum atomic E-state index is 0.639. The van der Waals surface area contributed by atoms with Crippen molar-refractivity contribution in [3.05, 3.63) is 66.0 Å². The summed E-state index contributed by atoms with van der Waals surface area (Å²) in [5.41, 5.74) is 6.96. The summed E-state index contributed by atoms with van der Waals surface area (Å²) in [6.45, 7) is 2.13. The molecule has 1 aliphatic carbocycles. The number of methoxy groups -OCH3 is 1. The number of ether oxygens (including phenoxy) is 1. The zero-order valence-corrected chi connectivity index (χ0v) is 16.5. The fraction of sp³-hybridized carbons (Fsp3) is 0.208. The number of fused-ring (bicyclic) bond motifs is 2. The molecule has 5 aromatic rings. The summed E-state index contributed by atoms with van der Waals surface area (Å²) in [6, 6.07) is 19.1. The van der Waals surface area contributed by atoms with Crippen LogP contribution in [0.1, 0.15) is 30.1 Å². The van der Waals surface area contributed by atoms with Crippen LogP contribution >= 0.6 is 0 Å². The molecule has 5 nitrogen and oxygen atoms in total. The van der Waals surface area contributed by atoms with E-state index in [2.05, 4.69) is 75.2 Å². The zero-order valence-electron chi connectivity index (χ0n) is 16.5. The number of nitrogens with one attached hydrogen (secondary N) is 2. The zero-order chi connectivity index (χ0) is 19.5. The van der Waals surface area contributed by atoms with E-state index in [9.17, 15) is 0 Å². The Morgan fingerprint density at radius 3 is 2.76 bits per heavy atom. The summed E-state index contributed by atoms with van der Waals surface area (Å²) in [4.78, 5) is 3.54. The maximum absolute atomic E-state index is 5.49. The van der Waals surface area contributed by atoms with E-state index >= 15 is 0 Å². The highest BCUT2D eigenvalue weighted by molar-refractivity contribution is 6.01. The van der Waals surface area contributed by atoms with Gasteiger partial charge in [-0.15, -0.1) is 0 Å². The molecule has 0 bridgehead atoms. The summed E-state index contributed by atoms with van der Waals surface area (Å²) < 4.78 is 7.77. The largest absolute Gasteiger partial charge is 0.497 e. The van der Waals surface area contributed by atoms with Gasteiger partial charge in [0.25, 0.3) is 0 Å². The molecule has 0 amide bonds. The van der Waals surface area contributed by atoms with Crippen LogP contribution < -0.4 is 4.74 Å². The van der Waals surface area contributed by atoms with Crippen molar-refractivity contribution in [2.75, 3.05) is 7.11 Å². The standard InChI is InChI=1S/C24H22N4O/c1-14-24(18-12-17(29-2)9-10-19(18)25-14)22-11-16-5-3-4-6-21(16)28(22)23-13-20(26-27-23)15-7-8-15/h3-6,9-13,15,25H,7-8H2,1-2H3,(H,26,27). The number of para-hydroxylation sites is 1. The molecule has 0 aliphatic heterocycles. The van der Waals surface area contributed by atoms with Gasteiger partial charge in [0.1, 0.15) is 5.75 Å². The average Bonchev–Trinajstić information content (AvgIpc) is 3.21. The fourth-order valence-electron chi connectivity index (χ4n) is 4.39. The quantitative estimate of drug-likeness (QED) is 0.419. The molecule has 6 rings (SSSR count). The van der Waals surface area contributed by atoms with E-state index in [1.165, 1.54) is 29.5 Å². The van der Waals surface area contributed by atoms with Gasteiger partial charge in [-0.1, -0.05) is 18.2 Å². The molecule has 0 unspecified atom stereocenters. The molecule has 29 heavy (non-hydrogen) atoms. The van der Waals surface area contributed by atoms with Crippen LogP contribution in [0, 0.1) is 6.92 Å². The Labute approximate surface area is 168 Å². The lowest BCUT2D eigenvalue weighted by atomic mass is 10.1. The van der Waals surface area contributed by atoms with Gasteiger partial charge >= 0.3 is 0 Å². The third-order valence-corrected chi connectivity index (χ3v) is 5.99. The molecule has 1 aliphatic rings. The van der Waals surface area contributed by atoms with E-state index in [4.69, 9.17) is 4.74 Å². The molecule has 2 N–H and O–H groups in total. The first-order valence-electron chi connectivity index (χ1n) is 10.1. The van der Waals surface area contributed by atoms with Crippen LogP contribution in [0.5, 0.6) is 5.75 Å². The summed E-state index contributed by atoms with van der Waals surface area (Å²) in [5.74, 6) is 2.44. The van der Waals surface area contributed by atoms with Crippen LogP contribution in [0.3, 0.4) is 0 Å². The maximum atomic E-state index is 5.49. The molecule has 3 heterocycles. The Hall–Kier alpha value is -3.47. The summed E-state index contributed by atoms with van der Waals surface area (Å²) >= 11 is 0. The lowest BCUT2D eigenvalue weighted by Gasteiger charge is -2.09. The van der Waals surface area contributed by atoms with Gasteiger partial charge in [0.15, 0.2) is 5.82 Å². The van der Waals surface area contributed by atoms with Gasteiger partial charge in [-0.25, -0.2) is 0 Å². The number of hydrogen-bond donors (Lipinski definition) is 2. The Morgan fingerprint density at radius 2 is 1.93 bits per heavy atom. The smallest absolute Gasteiger partial charge is 0.159 e. The number of nitrogens with zero attached hydrogens (tertiary/aromatic N) is 2. The first-order valence-corrected chi connectivity index (χ1v) is 10.1. The molecule has 3 aromatic heterocycles. The highest BCUT2D eigenvalue weighted by atomic mass is 16.5. The minimum Gasteiger partial charge on any atom is -0.497 e. The van der Waals surface area contributed by atoms with Crippen LogP contribution in [0.25, 0.3) is 38.9 Å². The van der Waals surface area contributed by atoms with Gasteiger partial charge in [0.05, 0.1) is 18.3 Å². The van der Waals surface area contributed by atoms with Crippen molar-refractivity contribution in [3.8, 4) is 22.8 Å². The van der Waals surface area contributed by atoms with Crippen molar-refractivity contribution in [1.29, 1.82) is 0 Å². The summed E-state index contributed by atoms with van der Waals surface area (Å²) in [7, 11) is 1.71. The topological polar surface area (TPSA) is 58.6 Å². The first-order chi connectivity index (χ1) is 14.2. The van der Waals surface area contributed by atoms with Gasteiger partial charge in [-0.3, -0.25) is 9.67 Å². The Bertz CT molecular complexity index is 1370. The highest BCUT2D eigenvalue weighted by Gasteiger charge is 2.27. The molecule has 144 valence electrons. The van der Waals surface area contributed by atoms with Gasteiger partial charge in [-0.05, 0) is 50.1 Å². The van der Waals surface area contributed by atoms with Crippen LogP contribution in [-0.2, 0) is 0 Å². The van der Waals surface area contributed by atoms with Crippen molar-refractivity contribution in [2.24, 2.45) is 0 Å². The second-order valence-electron chi connectivity index (χ2n) is 7.92. The molecule has 0 atom stereocenters. The Balaban J connectivity index is 1.66. The second-order valence-corrected chi connectivity index (χ2v) is 7.92. The second kappa shape index (κ2) is 6.01. The Morgan fingerprint density at radius 1 is 1.07 bits per heavy atom. The van der Waals surface area contributed by atoms with Crippen molar-refractivity contribution in [3.63, 3.8) is 0 Å². The monoisotopic (exact) mass is 382 g/mol. The minimum absolute atomic E-state index is 0.639. The lowest BCUT2D eigenvalue weighted by molar-refractivity contribution is 0.415. The number of aromatic amines is 2. The number of aryl methyl sites for hydroxylation is 1. The predicted octanol–water partition coefficient (Wildman–Crippen LogP) is 5.70. The Kier molecular flexibility index (Phi) is 3.42. The van der Waals surface area contributed by atoms with E-state index in [1.54, 1.807) is 7.11 Å². The third kappa shape index (κ3) is 2.50. The average molecular weight is 382 g/mol. The van der Waals surface area contributed by atoms with E-state index in [-0.39, 0.29) is 0 Å². The highest BCUT2D eigenvalue weighted by Crippen LogP contribution is 2.41. The van der Waals surface area contributed by atoms with Crippen LogP contribution in [0.4, 0.5) is 0 Å². The third-order valence-electron chi connectivity index (χ3n) is 5.99. The van der Waals surface area contributed by atoms with E-state index in [1.807, 2.05) is 6.07 Å². The molecule has 0 spiro atoms. The molecule has 1 saturated carbocycles. The van der Waals surface area contributed by atoms with Gasteiger partial charge in [-0.2, -0.15) is 5.10 Å². The van der Waals surface area contributed by atoms with Crippen molar-refractivity contribution in [1.82, 2.24) is 19.7 Å². The molecular formula is C24H22N4O. The van der Waals surface area contributed by atoms with E-state index in [0.717, 1.165) is 39.4 Å². The van der Waals surface area contributed by atoms with Crippen molar-refractivity contribution < 1.29 is 4.74 Å². The normalized spacial score (nSPS) is 14.1. The van der Waals surface area contributed by atoms with Crippen LogP contribution in [0.2, 0.25) is 0 Å². The van der Waals surface area contributed by atoms with Crippen LogP contribution in [-0.4, -0.2) is 26.9 Å². The fourth-order valence-corrected chi connectivity index (χ4v) is 4.39. The maximum Gasteiger partial charge on any atom is 0.159 e. The number of aromatic nitrogens is 4. The SMILES string of the molecule is COc1ccc2[nH]c(C)c(-c3cc4ccccc4n3-c3cc(C4CC4)[nH]n3)c2c1. The predicted molar refractivity (Wildman–Crippen MR) is 116 cm³/mol. The lowest BCUT2D eigenvalue weighted by Crippen LogP contribution is -1.97. The molecule has 1 fully saturated rings. The number of rotatable bonds is 4. The van der Waals surface area contributed by atoms with E-state index in [0.29, 0.717) is 5.92 Å². The molecule has 0 radical (unpaired) electrons. The summed E-state index contributed by atoms with van der Waals surface area (Å²) in [6.07, 6.45) is 2.50. The van der Waals surface area contributed by atoms with Gasteiger partial charge in [0.2, 0.25) is 0 Å². The molecular weight excluding hydrogens is 360 g/mol. The molecule has 0 saturated heterocycles. The number of benzene rings is 2. The van der Waals surface area contributed by atoms with Crippen molar-refractivity contribution in [2.45, 2.75) is 25.7 Å². The van der Waals surface area contributed by atoms with E-state index < -0.39 is 0 Å².